The molecule has 1 atom stereocenters. The van der Waals surface area contributed by atoms with Crippen molar-refractivity contribution in [1.29, 1.82) is 0 Å². The Balaban J connectivity index is 1.92. The number of nitrogens with zero attached hydrogens (tertiary/aromatic N) is 2. The third-order valence-corrected chi connectivity index (χ3v) is 2.35. The third-order valence-electron chi connectivity index (χ3n) is 2.35. The van der Waals surface area contributed by atoms with E-state index in [-0.39, 0.29) is 6.10 Å². The maximum atomic E-state index is 5.63. The first-order chi connectivity index (χ1) is 7.88. The molecule has 1 aromatic rings. The molecule has 2 heterocycles. The molecule has 1 aromatic heterocycles. The quantitative estimate of drug-likeness (QED) is 0.807. The predicted octanol–water partition coefficient (Wildman–Crippen LogP) is 1.01. The van der Waals surface area contributed by atoms with Crippen molar-refractivity contribution in [2.75, 3.05) is 19.7 Å². The zero-order chi connectivity index (χ0) is 11.2. The molecule has 1 unspecified atom stereocenters. The normalized spacial score (nSPS) is 19.7. The highest BCUT2D eigenvalue weighted by molar-refractivity contribution is 5.11. The molecule has 5 heteroatoms. The van der Waals surface area contributed by atoms with Crippen LogP contribution in [0.1, 0.15) is 19.8 Å². The molecule has 0 aliphatic carbocycles. The summed E-state index contributed by atoms with van der Waals surface area (Å²) in [5.41, 5.74) is 0. The van der Waals surface area contributed by atoms with Crippen LogP contribution < -0.4 is 14.8 Å². The van der Waals surface area contributed by atoms with E-state index in [4.69, 9.17) is 9.47 Å². The van der Waals surface area contributed by atoms with Gasteiger partial charge in [-0.25, -0.2) is 4.98 Å². The predicted molar refractivity (Wildman–Crippen MR) is 59.7 cm³/mol. The maximum absolute atomic E-state index is 5.63. The van der Waals surface area contributed by atoms with Crippen LogP contribution in [0.15, 0.2) is 12.3 Å². The Labute approximate surface area is 95.2 Å². The summed E-state index contributed by atoms with van der Waals surface area (Å²) in [6.45, 7) is 4.59. The van der Waals surface area contributed by atoms with E-state index < -0.39 is 0 Å². The Morgan fingerprint density at radius 2 is 2.50 bits per heavy atom. The van der Waals surface area contributed by atoms with Gasteiger partial charge in [0.15, 0.2) is 0 Å². The molecule has 0 bridgehead atoms. The van der Waals surface area contributed by atoms with Gasteiger partial charge >= 0.3 is 6.01 Å². The average Bonchev–Trinajstić information content (AvgIpc) is 2.80. The van der Waals surface area contributed by atoms with Gasteiger partial charge in [-0.2, -0.15) is 4.98 Å². The molecular formula is C11H17N3O2. The van der Waals surface area contributed by atoms with E-state index in [1.807, 2.05) is 0 Å². The Kier molecular flexibility index (Phi) is 3.93. The van der Waals surface area contributed by atoms with Gasteiger partial charge in [0.25, 0.3) is 0 Å². The molecule has 2 rings (SSSR count). The lowest BCUT2D eigenvalue weighted by molar-refractivity contribution is 0.199. The van der Waals surface area contributed by atoms with Crippen molar-refractivity contribution >= 4 is 0 Å². The fourth-order valence-corrected chi connectivity index (χ4v) is 1.55. The van der Waals surface area contributed by atoms with Crippen LogP contribution in [-0.2, 0) is 0 Å². The van der Waals surface area contributed by atoms with Crippen molar-refractivity contribution in [3.63, 3.8) is 0 Å². The monoisotopic (exact) mass is 223 g/mol. The van der Waals surface area contributed by atoms with Crippen LogP contribution in [0.25, 0.3) is 0 Å². The van der Waals surface area contributed by atoms with Crippen molar-refractivity contribution in [2.45, 2.75) is 25.9 Å². The number of nitrogens with one attached hydrogen (secondary N) is 1. The van der Waals surface area contributed by atoms with E-state index >= 15 is 0 Å². The van der Waals surface area contributed by atoms with Crippen LogP contribution in [-0.4, -0.2) is 35.8 Å². The fraction of sp³-hybridized carbons (Fsp3) is 0.636. The maximum Gasteiger partial charge on any atom is 0.319 e. The molecule has 0 saturated carbocycles. The van der Waals surface area contributed by atoms with Crippen LogP contribution in [0.2, 0.25) is 0 Å². The lowest BCUT2D eigenvalue weighted by atomic mass is 10.3. The zero-order valence-corrected chi connectivity index (χ0v) is 9.48. The van der Waals surface area contributed by atoms with Crippen molar-refractivity contribution in [1.82, 2.24) is 15.3 Å². The van der Waals surface area contributed by atoms with E-state index in [1.165, 1.54) is 0 Å². The second-order valence-corrected chi connectivity index (χ2v) is 3.76. The molecule has 0 aromatic carbocycles. The summed E-state index contributed by atoms with van der Waals surface area (Å²) in [5, 5.41) is 3.23. The van der Waals surface area contributed by atoms with Crippen molar-refractivity contribution in [3.8, 4) is 11.9 Å². The first-order valence-electron chi connectivity index (χ1n) is 5.71. The van der Waals surface area contributed by atoms with Gasteiger partial charge in [-0.3, -0.25) is 0 Å². The lowest BCUT2D eigenvalue weighted by Crippen LogP contribution is -2.20. The van der Waals surface area contributed by atoms with Gasteiger partial charge in [0.1, 0.15) is 6.10 Å². The molecule has 88 valence electrons. The molecule has 16 heavy (non-hydrogen) atoms. The molecule has 0 radical (unpaired) electrons. The third kappa shape index (κ3) is 3.06. The lowest BCUT2D eigenvalue weighted by Gasteiger charge is -2.11. The minimum Gasteiger partial charge on any atom is -0.478 e. The SMILES string of the molecule is CCCOc1ccnc(OC2CCNC2)n1. The van der Waals surface area contributed by atoms with Crippen LogP contribution >= 0.6 is 0 Å². The van der Waals surface area contributed by atoms with Crippen molar-refractivity contribution in [2.24, 2.45) is 0 Å². The summed E-state index contributed by atoms with van der Waals surface area (Å²) >= 11 is 0. The highest BCUT2D eigenvalue weighted by atomic mass is 16.5. The second kappa shape index (κ2) is 5.65. The Bertz CT molecular complexity index is 327. The van der Waals surface area contributed by atoms with Gasteiger partial charge in [-0.1, -0.05) is 6.92 Å². The van der Waals surface area contributed by atoms with E-state index in [9.17, 15) is 0 Å². The van der Waals surface area contributed by atoms with Crippen LogP contribution in [0, 0.1) is 0 Å². The van der Waals surface area contributed by atoms with Crippen LogP contribution in [0.4, 0.5) is 0 Å². The molecule has 0 spiro atoms. The first kappa shape index (κ1) is 11.1. The van der Waals surface area contributed by atoms with Gasteiger partial charge < -0.3 is 14.8 Å². The zero-order valence-electron chi connectivity index (χ0n) is 9.48. The van der Waals surface area contributed by atoms with Gasteiger partial charge in [0.2, 0.25) is 5.88 Å². The number of aromatic nitrogens is 2. The standard InChI is InChI=1S/C11H17N3O2/c1-2-7-15-10-4-6-13-11(14-10)16-9-3-5-12-8-9/h4,6,9,12H,2-3,5,7-8H2,1H3. The molecule has 1 aliphatic heterocycles. The molecule has 0 amide bonds. The molecule has 1 saturated heterocycles. The number of ether oxygens (including phenoxy) is 2. The first-order valence-corrected chi connectivity index (χ1v) is 5.71. The number of hydrogen-bond donors (Lipinski definition) is 1. The summed E-state index contributed by atoms with van der Waals surface area (Å²) in [6, 6.07) is 2.15. The summed E-state index contributed by atoms with van der Waals surface area (Å²) in [6.07, 6.45) is 3.81. The summed E-state index contributed by atoms with van der Waals surface area (Å²) in [5.74, 6) is 0.581. The number of hydrogen-bond acceptors (Lipinski definition) is 5. The van der Waals surface area contributed by atoms with E-state index in [2.05, 4.69) is 22.2 Å². The summed E-state index contributed by atoms with van der Waals surface area (Å²) < 4.78 is 11.0. The van der Waals surface area contributed by atoms with Crippen LogP contribution in [0.5, 0.6) is 11.9 Å². The molecular weight excluding hydrogens is 206 g/mol. The van der Waals surface area contributed by atoms with Crippen LogP contribution in [0.3, 0.4) is 0 Å². The highest BCUT2D eigenvalue weighted by Crippen LogP contribution is 2.13. The van der Waals surface area contributed by atoms with E-state index in [0.717, 1.165) is 25.9 Å². The minimum atomic E-state index is 0.182. The van der Waals surface area contributed by atoms with Crippen molar-refractivity contribution < 1.29 is 9.47 Å². The second-order valence-electron chi connectivity index (χ2n) is 3.76. The smallest absolute Gasteiger partial charge is 0.319 e. The summed E-state index contributed by atoms with van der Waals surface area (Å²) in [4.78, 5) is 8.26. The largest absolute Gasteiger partial charge is 0.478 e. The Morgan fingerprint density at radius 3 is 3.25 bits per heavy atom. The molecule has 1 fully saturated rings. The Morgan fingerprint density at radius 1 is 1.56 bits per heavy atom. The van der Waals surface area contributed by atoms with Crippen molar-refractivity contribution in [3.05, 3.63) is 12.3 Å². The summed E-state index contributed by atoms with van der Waals surface area (Å²) in [7, 11) is 0. The minimum absolute atomic E-state index is 0.182. The molecule has 5 nitrogen and oxygen atoms in total. The fourth-order valence-electron chi connectivity index (χ4n) is 1.55. The van der Waals surface area contributed by atoms with E-state index in [0.29, 0.717) is 18.5 Å². The average molecular weight is 223 g/mol. The molecule has 1 N–H and O–H groups in total. The molecule has 1 aliphatic rings. The van der Waals surface area contributed by atoms with Gasteiger partial charge in [-0.15, -0.1) is 0 Å². The van der Waals surface area contributed by atoms with Gasteiger partial charge in [0.05, 0.1) is 6.61 Å². The Hall–Kier alpha value is -1.36. The van der Waals surface area contributed by atoms with Gasteiger partial charge in [0, 0.05) is 18.8 Å². The van der Waals surface area contributed by atoms with E-state index in [1.54, 1.807) is 12.3 Å². The topological polar surface area (TPSA) is 56.3 Å². The number of rotatable bonds is 5. The van der Waals surface area contributed by atoms with Gasteiger partial charge in [-0.05, 0) is 19.4 Å². The highest BCUT2D eigenvalue weighted by Gasteiger charge is 2.17.